The first-order valence-corrected chi connectivity index (χ1v) is 11.2. The molecule has 0 radical (unpaired) electrons. The average molecular weight is 458 g/mol. The minimum Gasteiger partial charge on any atom is -0.452 e. The minimum absolute atomic E-state index is 0.00678. The molecule has 0 bridgehead atoms. The number of nitrogens with zero attached hydrogens (tertiary/aromatic N) is 4. The van der Waals surface area contributed by atoms with E-state index in [-0.39, 0.29) is 36.6 Å². The predicted molar refractivity (Wildman–Crippen MR) is 112 cm³/mol. The molecule has 0 N–H and O–H groups in total. The van der Waals surface area contributed by atoms with Crippen molar-refractivity contribution in [3.63, 3.8) is 0 Å². The number of carbonyl (C=O) groups excluding carboxylic acids is 2. The van der Waals surface area contributed by atoms with Gasteiger partial charge in [0.2, 0.25) is 10.0 Å². The molecule has 1 aromatic heterocycles. The van der Waals surface area contributed by atoms with Crippen molar-refractivity contribution in [2.75, 3.05) is 32.8 Å². The number of esters is 1. The summed E-state index contributed by atoms with van der Waals surface area (Å²) in [6, 6.07) is 9.31. The number of hydrogen-bond donors (Lipinski definition) is 0. The third kappa shape index (κ3) is 4.58. The first-order chi connectivity index (χ1) is 15.3. The molecule has 3 aromatic rings. The highest BCUT2D eigenvalue weighted by Gasteiger charge is 2.30. The van der Waals surface area contributed by atoms with E-state index in [0.717, 1.165) is 12.1 Å². The number of fused-ring (bicyclic) bond motifs is 1. The molecule has 9 nitrogen and oxygen atoms in total. The van der Waals surface area contributed by atoms with Crippen LogP contribution in [0, 0.1) is 5.82 Å². The molecule has 2 aromatic carbocycles. The minimum atomic E-state index is -3.78. The number of halogens is 1. The lowest BCUT2D eigenvalue weighted by Crippen LogP contribution is -2.51. The summed E-state index contributed by atoms with van der Waals surface area (Å²) < 4.78 is 44.8. The maximum Gasteiger partial charge on any atom is 0.338 e. The summed E-state index contributed by atoms with van der Waals surface area (Å²) in [6.45, 7) is 0.0261. The molecule has 1 amide bonds. The van der Waals surface area contributed by atoms with Crippen molar-refractivity contribution in [2.24, 2.45) is 0 Å². The van der Waals surface area contributed by atoms with E-state index in [9.17, 15) is 22.4 Å². The van der Waals surface area contributed by atoms with Gasteiger partial charge in [0, 0.05) is 38.6 Å². The molecule has 0 atom stereocenters. The number of carbonyl (C=O) groups is 2. The second-order valence-electron chi connectivity index (χ2n) is 7.07. The zero-order valence-corrected chi connectivity index (χ0v) is 17.7. The molecule has 1 aliphatic rings. The van der Waals surface area contributed by atoms with Crippen LogP contribution < -0.4 is 0 Å². The van der Waals surface area contributed by atoms with Gasteiger partial charge in [-0.15, -0.1) is 0 Å². The molecular formula is C21H19FN4O5S. The van der Waals surface area contributed by atoms with Gasteiger partial charge < -0.3 is 9.64 Å². The Morgan fingerprint density at radius 2 is 1.59 bits per heavy atom. The van der Waals surface area contributed by atoms with Crippen molar-refractivity contribution in [1.82, 2.24) is 19.2 Å². The Labute approximate surface area is 183 Å². The van der Waals surface area contributed by atoms with Gasteiger partial charge >= 0.3 is 5.97 Å². The molecule has 0 spiro atoms. The Morgan fingerprint density at radius 3 is 2.28 bits per heavy atom. The second kappa shape index (κ2) is 8.97. The number of rotatable bonds is 5. The molecule has 32 heavy (non-hydrogen) atoms. The Bertz CT molecular complexity index is 1260. The highest BCUT2D eigenvalue weighted by atomic mass is 32.2. The van der Waals surface area contributed by atoms with Crippen LogP contribution in [-0.2, 0) is 19.6 Å². The van der Waals surface area contributed by atoms with E-state index in [0.29, 0.717) is 11.0 Å². The number of ether oxygens (including phenoxy) is 1. The first kappa shape index (κ1) is 21.8. The monoisotopic (exact) mass is 458 g/mol. The van der Waals surface area contributed by atoms with Crippen LogP contribution in [0.4, 0.5) is 4.39 Å². The Kier molecular flexibility index (Phi) is 6.10. The summed E-state index contributed by atoms with van der Waals surface area (Å²) in [5.74, 6) is -1.60. The zero-order chi connectivity index (χ0) is 22.7. The molecule has 1 fully saturated rings. The number of benzene rings is 2. The SMILES string of the molecule is O=C(OCC(=O)N1CCN(S(=O)(=O)c2ccc(F)cc2)CC1)c1ccc2nccnc2c1. The predicted octanol–water partition coefficient (Wildman–Crippen LogP) is 1.46. The van der Waals surface area contributed by atoms with Crippen LogP contribution in [0.5, 0.6) is 0 Å². The fourth-order valence-electron chi connectivity index (χ4n) is 3.33. The maximum absolute atomic E-state index is 13.1. The van der Waals surface area contributed by atoms with Gasteiger partial charge in [0.1, 0.15) is 5.82 Å². The lowest BCUT2D eigenvalue weighted by molar-refractivity contribution is -0.135. The Balaban J connectivity index is 1.31. The fraction of sp³-hybridized carbons (Fsp3) is 0.238. The van der Waals surface area contributed by atoms with E-state index in [1.165, 1.54) is 33.6 Å². The first-order valence-electron chi connectivity index (χ1n) is 9.76. The van der Waals surface area contributed by atoms with Gasteiger partial charge in [-0.05, 0) is 42.5 Å². The van der Waals surface area contributed by atoms with E-state index in [1.54, 1.807) is 18.3 Å². The zero-order valence-electron chi connectivity index (χ0n) is 16.8. The number of hydrogen-bond acceptors (Lipinski definition) is 7. The molecule has 0 aliphatic carbocycles. The third-order valence-electron chi connectivity index (χ3n) is 5.07. The molecule has 2 heterocycles. The van der Waals surface area contributed by atoms with E-state index >= 15 is 0 Å². The van der Waals surface area contributed by atoms with Crippen LogP contribution in [0.2, 0.25) is 0 Å². The van der Waals surface area contributed by atoms with Crippen molar-refractivity contribution in [3.8, 4) is 0 Å². The van der Waals surface area contributed by atoms with Gasteiger partial charge in [0.15, 0.2) is 6.61 Å². The van der Waals surface area contributed by atoms with Crippen molar-refractivity contribution >= 4 is 32.9 Å². The van der Waals surface area contributed by atoms with E-state index in [4.69, 9.17) is 4.74 Å². The summed E-state index contributed by atoms with van der Waals surface area (Å²) in [5.41, 5.74) is 1.42. The summed E-state index contributed by atoms with van der Waals surface area (Å²) in [7, 11) is -3.78. The number of piperazine rings is 1. The van der Waals surface area contributed by atoms with Crippen LogP contribution >= 0.6 is 0 Å². The van der Waals surface area contributed by atoms with Gasteiger partial charge in [-0.3, -0.25) is 14.8 Å². The van der Waals surface area contributed by atoms with Gasteiger partial charge in [-0.1, -0.05) is 0 Å². The van der Waals surface area contributed by atoms with Crippen molar-refractivity contribution < 1.29 is 27.1 Å². The van der Waals surface area contributed by atoms with E-state index < -0.39 is 34.3 Å². The fourth-order valence-corrected chi connectivity index (χ4v) is 4.75. The van der Waals surface area contributed by atoms with E-state index in [2.05, 4.69) is 9.97 Å². The van der Waals surface area contributed by atoms with Gasteiger partial charge in [-0.25, -0.2) is 17.6 Å². The molecule has 1 aliphatic heterocycles. The summed E-state index contributed by atoms with van der Waals surface area (Å²) in [5, 5.41) is 0. The van der Waals surface area contributed by atoms with Crippen LogP contribution in [-0.4, -0.2) is 72.3 Å². The van der Waals surface area contributed by atoms with Crippen LogP contribution in [0.25, 0.3) is 11.0 Å². The average Bonchev–Trinajstić information content (AvgIpc) is 2.82. The highest BCUT2D eigenvalue weighted by molar-refractivity contribution is 7.89. The smallest absolute Gasteiger partial charge is 0.338 e. The van der Waals surface area contributed by atoms with Crippen molar-refractivity contribution in [2.45, 2.75) is 4.90 Å². The quantitative estimate of drug-likeness (QED) is 0.533. The van der Waals surface area contributed by atoms with Crippen LogP contribution in [0.3, 0.4) is 0 Å². The second-order valence-corrected chi connectivity index (χ2v) is 9.01. The Hall–Kier alpha value is -3.44. The molecule has 4 rings (SSSR count). The van der Waals surface area contributed by atoms with Crippen LogP contribution in [0.15, 0.2) is 59.8 Å². The number of aromatic nitrogens is 2. The summed E-state index contributed by atoms with van der Waals surface area (Å²) >= 11 is 0. The molecule has 11 heteroatoms. The normalized spacial score (nSPS) is 15.0. The van der Waals surface area contributed by atoms with Gasteiger partial charge in [0.05, 0.1) is 21.5 Å². The standard InChI is InChI=1S/C21H19FN4O5S/c22-16-2-4-17(5-3-16)32(29,30)26-11-9-25(10-12-26)20(27)14-31-21(28)15-1-6-18-19(13-15)24-8-7-23-18/h1-8,13H,9-12,14H2. The molecule has 0 saturated carbocycles. The Morgan fingerprint density at radius 1 is 0.938 bits per heavy atom. The van der Waals surface area contributed by atoms with E-state index in [1.807, 2.05) is 0 Å². The topological polar surface area (TPSA) is 110 Å². The summed E-state index contributed by atoms with van der Waals surface area (Å²) in [4.78, 5) is 34.4. The summed E-state index contributed by atoms with van der Waals surface area (Å²) in [6.07, 6.45) is 3.06. The van der Waals surface area contributed by atoms with Crippen molar-refractivity contribution in [1.29, 1.82) is 0 Å². The third-order valence-corrected chi connectivity index (χ3v) is 6.99. The van der Waals surface area contributed by atoms with Crippen molar-refractivity contribution in [3.05, 3.63) is 66.2 Å². The van der Waals surface area contributed by atoms with Gasteiger partial charge in [-0.2, -0.15) is 4.31 Å². The van der Waals surface area contributed by atoms with Crippen LogP contribution in [0.1, 0.15) is 10.4 Å². The number of sulfonamides is 1. The molecular weight excluding hydrogens is 439 g/mol. The molecule has 0 unspecified atom stereocenters. The highest BCUT2D eigenvalue weighted by Crippen LogP contribution is 2.18. The van der Waals surface area contributed by atoms with Gasteiger partial charge in [0.25, 0.3) is 5.91 Å². The lowest BCUT2D eigenvalue weighted by Gasteiger charge is -2.33. The molecule has 1 saturated heterocycles. The maximum atomic E-state index is 13.1. The number of amides is 1. The largest absolute Gasteiger partial charge is 0.452 e. The molecule has 166 valence electrons. The lowest BCUT2D eigenvalue weighted by atomic mass is 10.2.